The molecule has 2 heterocycles. The predicted molar refractivity (Wildman–Crippen MR) is 135 cm³/mol. The quantitative estimate of drug-likeness (QED) is 0.386. The first-order valence-corrected chi connectivity index (χ1v) is 12.8. The molecule has 2 aromatic carbocycles. The number of anilines is 1. The molecular formula is C26H28F3N3O3S. The molecule has 0 atom stereocenters. The van der Waals surface area contributed by atoms with Crippen LogP contribution < -0.4 is 4.90 Å². The van der Waals surface area contributed by atoms with Gasteiger partial charge in [-0.1, -0.05) is 18.2 Å². The van der Waals surface area contributed by atoms with Gasteiger partial charge in [0.1, 0.15) is 5.82 Å². The Morgan fingerprint density at radius 1 is 1.17 bits per heavy atom. The van der Waals surface area contributed by atoms with Gasteiger partial charge in [0, 0.05) is 49.1 Å². The monoisotopic (exact) mass is 519 g/mol. The number of hydrogen-bond acceptors (Lipinski definition) is 6. The Morgan fingerprint density at radius 2 is 1.92 bits per heavy atom. The third-order valence-corrected chi connectivity index (χ3v) is 6.79. The molecule has 0 radical (unpaired) electrons. The molecule has 1 aromatic heterocycles. The Kier molecular flexibility index (Phi) is 8.38. The number of nitrogens with zero attached hydrogens (tertiary/aromatic N) is 3. The maximum Gasteiger partial charge on any atom is 0.417 e. The van der Waals surface area contributed by atoms with Gasteiger partial charge in [-0.3, -0.25) is 4.79 Å². The highest BCUT2D eigenvalue weighted by atomic mass is 32.2. The van der Waals surface area contributed by atoms with Crippen LogP contribution in [0.1, 0.15) is 21.5 Å². The number of aromatic nitrogens is 1. The van der Waals surface area contributed by atoms with Crippen molar-refractivity contribution >= 4 is 34.4 Å². The molecule has 10 heteroatoms. The average molecular weight is 520 g/mol. The molecule has 0 spiro atoms. The van der Waals surface area contributed by atoms with Crippen molar-refractivity contribution in [1.82, 2.24) is 9.88 Å². The second-order valence-electron chi connectivity index (χ2n) is 8.39. The van der Waals surface area contributed by atoms with Gasteiger partial charge in [-0.25, -0.2) is 4.98 Å². The molecule has 0 bridgehead atoms. The second-order valence-corrected chi connectivity index (χ2v) is 9.27. The molecule has 1 amide bonds. The number of pyridine rings is 1. The number of methoxy groups -OCH3 is 1. The van der Waals surface area contributed by atoms with E-state index >= 15 is 0 Å². The van der Waals surface area contributed by atoms with Crippen molar-refractivity contribution in [2.45, 2.75) is 17.6 Å². The molecule has 0 saturated carbocycles. The van der Waals surface area contributed by atoms with Crippen LogP contribution in [0.15, 0.2) is 53.4 Å². The lowest BCUT2D eigenvalue weighted by molar-refractivity contribution is -0.138. The Hall–Kier alpha value is -2.82. The molecule has 192 valence electrons. The number of ether oxygens (including phenoxy) is 2. The molecule has 1 saturated heterocycles. The number of hydrogen-bond donors (Lipinski definition) is 0. The molecule has 0 N–H and O–H groups in total. The minimum Gasteiger partial charge on any atom is -0.383 e. The van der Waals surface area contributed by atoms with E-state index in [-0.39, 0.29) is 25.3 Å². The number of morpholine rings is 1. The van der Waals surface area contributed by atoms with E-state index in [0.717, 1.165) is 27.4 Å². The highest BCUT2D eigenvalue weighted by Crippen LogP contribution is 2.33. The van der Waals surface area contributed by atoms with Gasteiger partial charge in [0.2, 0.25) is 0 Å². The summed E-state index contributed by atoms with van der Waals surface area (Å²) in [5.41, 5.74) is 0.249. The Bertz CT molecular complexity index is 1220. The summed E-state index contributed by atoms with van der Waals surface area (Å²) in [5, 5.41) is 0.898. The van der Waals surface area contributed by atoms with Crippen molar-refractivity contribution in [3.05, 3.63) is 65.2 Å². The molecule has 1 fully saturated rings. The van der Waals surface area contributed by atoms with Gasteiger partial charge in [0.05, 0.1) is 36.5 Å². The third-order valence-electron chi connectivity index (χ3n) is 6.07. The van der Waals surface area contributed by atoms with Crippen LogP contribution in [0.25, 0.3) is 10.9 Å². The molecule has 1 aliphatic heterocycles. The molecule has 4 rings (SSSR count). The number of amides is 1. The summed E-state index contributed by atoms with van der Waals surface area (Å²) in [6.07, 6.45) is -2.64. The van der Waals surface area contributed by atoms with Crippen LogP contribution >= 0.6 is 11.8 Å². The fourth-order valence-corrected chi connectivity index (χ4v) is 4.65. The number of alkyl halides is 3. The molecular weight excluding hydrogens is 491 g/mol. The van der Waals surface area contributed by atoms with Crippen molar-refractivity contribution in [2.24, 2.45) is 0 Å². The van der Waals surface area contributed by atoms with Gasteiger partial charge in [0.25, 0.3) is 5.91 Å². The smallest absolute Gasteiger partial charge is 0.383 e. The number of rotatable bonds is 8. The summed E-state index contributed by atoms with van der Waals surface area (Å²) in [7, 11) is 1.49. The van der Waals surface area contributed by atoms with Crippen molar-refractivity contribution in [3.63, 3.8) is 0 Å². The first kappa shape index (κ1) is 26.2. The van der Waals surface area contributed by atoms with Crippen LogP contribution in [0.4, 0.5) is 19.0 Å². The van der Waals surface area contributed by atoms with Crippen LogP contribution in [0.2, 0.25) is 0 Å². The predicted octanol–water partition coefficient (Wildman–Crippen LogP) is 5.10. The fraction of sp³-hybridized carbons (Fsp3) is 0.385. The summed E-state index contributed by atoms with van der Waals surface area (Å²) in [6.45, 7) is 2.78. The van der Waals surface area contributed by atoms with E-state index < -0.39 is 17.6 Å². The summed E-state index contributed by atoms with van der Waals surface area (Å²) in [5.74, 6) is 0.00843. The van der Waals surface area contributed by atoms with E-state index in [9.17, 15) is 18.0 Å². The van der Waals surface area contributed by atoms with Gasteiger partial charge in [-0.2, -0.15) is 13.2 Å². The van der Waals surface area contributed by atoms with Crippen molar-refractivity contribution < 1.29 is 27.4 Å². The Labute approximate surface area is 212 Å². The molecule has 36 heavy (non-hydrogen) atoms. The topological polar surface area (TPSA) is 54.9 Å². The lowest BCUT2D eigenvalue weighted by atomic mass is 10.0. The van der Waals surface area contributed by atoms with Crippen LogP contribution in [0.5, 0.6) is 0 Å². The zero-order chi connectivity index (χ0) is 25.7. The van der Waals surface area contributed by atoms with Gasteiger partial charge in [-0.05, 0) is 36.6 Å². The standard InChI is InChI=1S/C26H28F3N3O3S/c1-34-12-9-32(25(33)21-5-3-4-6-22(21)26(27,28)29)17-19-15-18-7-8-20(36-2)16-23(18)30-24(19)31-10-13-35-14-11-31/h3-8,15-16H,9-14,17H2,1-2H3. The molecule has 0 unspecified atom stereocenters. The third kappa shape index (κ3) is 5.93. The molecule has 0 aliphatic carbocycles. The Balaban J connectivity index is 1.76. The first-order chi connectivity index (χ1) is 17.3. The summed E-state index contributed by atoms with van der Waals surface area (Å²) in [6, 6.07) is 12.8. The zero-order valence-corrected chi connectivity index (χ0v) is 21.0. The van der Waals surface area contributed by atoms with Gasteiger partial charge >= 0.3 is 6.18 Å². The maximum absolute atomic E-state index is 13.7. The molecule has 6 nitrogen and oxygen atoms in total. The summed E-state index contributed by atoms with van der Waals surface area (Å²) in [4.78, 5) is 23.0. The van der Waals surface area contributed by atoms with Crippen LogP contribution in [0, 0.1) is 0 Å². The molecule has 1 aliphatic rings. The number of thioether (sulfide) groups is 1. The fourth-order valence-electron chi connectivity index (χ4n) is 4.22. The SMILES string of the molecule is COCCN(Cc1cc2ccc(SC)cc2nc1N1CCOCC1)C(=O)c1ccccc1C(F)(F)F. The second kappa shape index (κ2) is 11.5. The van der Waals surface area contributed by atoms with Crippen LogP contribution in [0.3, 0.4) is 0 Å². The zero-order valence-electron chi connectivity index (χ0n) is 20.2. The van der Waals surface area contributed by atoms with Gasteiger partial charge < -0.3 is 19.3 Å². The van der Waals surface area contributed by atoms with Crippen LogP contribution in [-0.4, -0.2) is 68.6 Å². The largest absolute Gasteiger partial charge is 0.417 e. The first-order valence-electron chi connectivity index (χ1n) is 11.6. The van der Waals surface area contributed by atoms with Crippen molar-refractivity contribution in [1.29, 1.82) is 0 Å². The van der Waals surface area contributed by atoms with Crippen LogP contribution in [-0.2, 0) is 22.2 Å². The number of halogens is 3. The van der Waals surface area contributed by atoms with E-state index in [1.807, 2.05) is 30.5 Å². The van der Waals surface area contributed by atoms with E-state index in [1.54, 1.807) is 11.8 Å². The summed E-state index contributed by atoms with van der Waals surface area (Å²) >= 11 is 1.62. The van der Waals surface area contributed by atoms with Crippen molar-refractivity contribution in [2.75, 3.05) is 57.7 Å². The van der Waals surface area contributed by atoms with E-state index in [2.05, 4.69) is 4.90 Å². The normalized spacial score (nSPS) is 14.3. The minimum atomic E-state index is -4.64. The number of carbonyl (C=O) groups is 1. The summed E-state index contributed by atoms with van der Waals surface area (Å²) < 4.78 is 51.7. The van der Waals surface area contributed by atoms with E-state index in [1.165, 1.54) is 30.2 Å². The number of fused-ring (bicyclic) bond motifs is 1. The highest BCUT2D eigenvalue weighted by molar-refractivity contribution is 7.98. The van der Waals surface area contributed by atoms with E-state index in [4.69, 9.17) is 14.5 Å². The lowest BCUT2D eigenvalue weighted by Crippen LogP contribution is -2.39. The molecule has 3 aromatic rings. The minimum absolute atomic E-state index is 0.0916. The van der Waals surface area contributed by atoms with Gasteiger partial charge in [0.15, 0.2) is 0 Å². The highest BCUT2D eigenvalue weighted by Gasteiger charge is 2.36. The maximum atomic E-state index is 13.7. The number of benzene rings is 2. The average Bonchev–Trinajstić information content (AvgIpc) is 2.89. The lowest BCUT2D eigenvalue weighted by Gasteiger charge is -2.31. The number of carbonyl (C=O) groups excluding carboxylic acids is 1. The van der Waals surface area contributed by atoms with Gasteiger partial charge in [-0.15, -0.1) is 11.8 Å². The Morgan fingerprint density at radius 3 is 2.61 bits per heavy atom. The van der Waals surface area contributed by atoms with E-state index in [0.29, 0.717) is 32.1 Å². The van der Waals surface area contributed by atoms with Crippen molar-refractivity contribution in [3.8, 4) is 0 Å².